The molecule has 0 amide bonds. The zero-order valence-electron chi connectivity index (χ0n) is 15.6. The Morgan fingerprint density at radius 3 is 2.00 bits per heavy atom. The molecule has 34 heavy (non-hydrogen) atoms. The molecule has 2 atom stereocenters. The largest absolute Gasteiger partial charge is 0.461 e. The summed E-state index contributed by atoms with van der Waals surface area (Å²) in [6, 6.07) is 0.136. The summed E-state index contributed by atoms with van der Waals surface area (Å²) in [6.45, 7) is -2.16. The van der Waals surface area contributed by atoms with Crippen LogP contribution in [-0.2, 0) is 31.1 Å². The van der Waals surface area contributed by atoms with Crippen molar-refractivity contribution in [2.75, 3.05) is 12.4 Å². The Labute approximate surface area is 185 Å². The van der Waals surface area contributed by atoms with Gasteiger partial charge in [0.05, 0.1) is 20.6 Å². The molecule has 0 fully saturated rings. The lowest BCUT2D eigenvalue weighted by Crippen LogP contribution is -2.54. The zero-order chi connectivity index (χ0) is 26.9. The summed E-state index contributed by atoms with van der Waals surface area (Å²) in [7, 11) is -7.46. The van der Waals surface area contributed by atoms with Crippen LogP contribution in [0.15, 0.2) is 28.0 Å². The summed E-state index contributed by atoms with van der Waals surface area (Å²) in [5, 5.41) is 4.78. The van der Waals surface area contributed by atoms with E-state index in [1.165, 1.54) is 0 Å². The number of benzene rings is 1. The Hall–Kier alpha value is -2.38. The smallest absolute Gasteiger partial charge is 0.458 e. The van der Waals surface area contributed by atoms with Crippen molar-refractivity contribution in [2.24, 2.45) is 0 Å². The Morgan fingerprint density at radius 2 is 1.56 bits per heavy atom. The van der Waals surface area contributed by atoms with E-state index in [9.17, 15) is 71.6 Å². The molecule has 1 aromatic rings. The lowest BCUT2D eigenvalue weighted by Gasteiger charge is -2.27. The molecule has 0 heterocycles. The number of carbonyl (C=O) groups excluding carboxylic acids is 1. The monoisotopic (exact) mass is 559 g/mol. The summed E-state index contributed by atoms with van der Waals surface area (Å²) in [5.41, 5.74) is -1.54. The molecule has 0 bridgehead atoms. The van der Waals surface area contributed by atoms with Gasteiger partial charge < -0.3 is 4.74 Å². The SMILES string of the molecule is O=C(CS(=O)c1ccc(S(=O)C(F)(F)C(F)(F)C(F)(F)F)cc1[N+](=O)[O-])OCC(F)(F)C(F)F. The van der Waals surface area contributed by atoms with Crippen molar-refractivity contribution in [1.82, 2.24) is 0 Å². The highest BCUT2D eigenvalue weighted by atomic mass is 32.2. The van der Waals surface area contributed by atoms with Crippen molar-refractivity contribution < 1.29 is 71.2 Å². The topological polar surface area (TPSA) is 104 Å². The van der Waals surface area contributed by atoms with Gasteiger partial charge in [0, 0.05) is 6.07 Å². The maximum atomic E-state index is 13.6. The fourth-order valence-corrected chi connectivity index (χ4v) is 3.94. The van der Waals surface area contributed by atoms with E-state index >= 15 is 0 Å². The van der Waals surface area contributed by atoms with E-state index in [0.29, 0.717) is 0 Å². The third-order valence-corrected chi connectivity index (χ3v) is 6.27. The normalized spacial score (nSPS) is 15.2. The second-order valence-corrected chi connectivity index (χ2v) is 8.90. The molecule has 0 aromatic heterocycles. The maximum absolute atomic E-state index is 13.6. The number of nitro benzene ring substituents is 1. The summed E-state index contributed by atoms with van der Waals surface area (Å²) in [5.74, 6) is -14.9. The van der Waals surface area contributed by atoms with Gasteiger partial charge in [-0.25, -0.2) is 13.0 Å². The van der Waals surface area contributed by atoms with Crippen molar-refractivity contribution in [2.45, 2.75) is 39.5 Å². The standard InChI is InChI=1S/C14H8F11NO6S2/c15-10(16)11(17,18)5-32-9(27)4-33(30)8-2-1-6(3-7(8)26(28)29)34(31)14(24,25)12(19,20)13(21,22)23/h1-3,10H,4-5H2. The average Bonchev–Trinajstić information content (AvgIpc) is 2.70. The van der Waals surface area contributed by atoms with Crippen molar-refractivity contribution in [3.05, 3.63) is 28.3 Å². The molecule has 7 nitrogen and oxygen atoms in total. The fourth-order valence-electron chi connectivity index (χ4n) is 1.84. The number of alkyl halides is 11. The van der Waals surface area contributed by atoms with Crippen LogP contribution in [-0.4, -0.2) is 61.4 Å². The first kappa shape index (κ1) is 29.7. The zero-order valence-corrected chi connectivity index (χ0v) is 17.2. The third-order valence-electron chi connectivity index (χ3n) is 3.53. The highest BCUT2D eigenvalue weighted by Crippen LogP contribution is 2.49. The molecule has 0 saturated heterocycles. The average molecular weight is 559 g/mol. The van der Waals surface area contributed by atoms with Gasteiger partial charge in [0.25, 0.3) is 5.69 Å². The van der Waals surface area contributed by atoms with Crippen molar-refractivity contribution in [1.29, 1.82) is 0 Å². The Kier molecular flexibility index (Phi) is 8.79. The van der Waals surface area contributed by atoms with E-state index in [-0.39, 0.29) is 18.2 Å². The Balaban J connectivity index is 3.22. The van der Waals surface area contributed by atoms with Crippen LogP contribution in [0.5, 0.6) is 0 Å². The van der Waals surface area contributed by atoms with E-state index in [4.69, 9.17) is 0 Å². The van der Waals surface area contributed by atoms with Crippen LogP contribution in [0.1, 0.15) is 0 Å². The first-order chi connectivity index (χ1) is 15.2. The number of carbonyl (C=O) groups is 1. The van der Waals surface area contributed by atoms with Crippen molar-refractivity contribution >= 4 is 33.3 Å². The maximum Gasteiger partial charge on any atom is 0.461 e. The molecule has 2 unspecified atom stereocenters. The van der Waals surface area contributed by atoms with Crippen LogP contribution >= 0.6 is 0 Å². The van der Waals surface area contributed by atoms with E-state index in [0.717, 1.165) is 0 Å². The van der Waals surface area contributed by atoms with Crippen LogP contribution in [0, 0.1) is 10.1 Å². The molecule has 194 valence electrons. The quantitative estimate of drug-likeness (QED) is 0.186. The number of hydrogen-bond donors (Lipinski definition) is 0. The molecule has 0 aliphatic carbocycles. The molecule has 1 aromatic carbocycles. The molecule has 0 saturated carbocycles. The number of hydrogen-bond acceptors (Lipinski definition) is 6. The van der Waals surface area contributed by atoms with Gasteiger partial charge in [-0.3, -0.25) is 19.1 Å². The number of halogens is 11. The second-order valence-electron chi connectivity index (χ2n) is 5.96. The molecule has 20 heteroatoms. The number of rotatable bonds is 10. The van der Waals surface area contributed by atoms with Gasteiger partial charge in [-0.2, -0.15) is 39.5 Å². The molecule has 0 spiro atoms. The minimum absolute atomic E-state index is 0.104. The lowest BCUT2D eigenvalue weighted by molar-refractivity contribution is -0.388. The van der Waals surface area contributed by atoms with Gasteiger partial charge in [0.2, 0.25) is 0 Å². The number of nitrogens with zero attached hydrogens (tertiary/aromatic N) is 1. The summed E-state index contributed by atoms with van der Waals surface area (Å²) >= 11 is 0. The van der Waals surface area contributed by atoms with E-state index < -0.39 is 90.0 Å². The third kappa shape index (κ3) is 6.19. The van der Waals surface area contributed by atoms with Gasteiger partial charge in [-0.1, -0.05) is 0 Å². The minimum atomic E-state index is -6.86. The number of ether oxygens (including phenoxy) is 1. The summed E-state index contributed by atoms with van der Waals surface area (Å²) in [6.07, 6.45) is -11.1. The second kappa shape index (κ2) is 10.1. The van der Waals surface area contributed by atoms with Gasteiger partial charge in [0.15, 0.2) is 6.61 Å². The first-order valence-electron chi connectivity index (χ1n) is 7.89. The summed E-state index contributed by atoms with van der Waals surface area (Å²) < 4.78 is 167. The molecule has 0 N–H and O–H groups in total. The van der Waals surface area contributed by atoms with Gasteiger partial charge in [-0.15, -0.1) is 0 Å². The highest BCUT2D eigenvalue weighted by Gasteiger charge is 2.76. The molecule has 0 radical (unpaired) electrons. The minimum Gasteiger partial charge on any atom is -0.458 e. The van der Waals surface area contributed by atoms with Gasteiger partial charge in [0.1, 0.15) is 21.4 Å². The number of esters is 1. The number of nitro groups is 1. The van der Waals surface area contributed by atoms with E-state index in [1.807, 2.05) is 0 Å². The van der Waals surface area contributed by atoms with Crippen molar-refractivity contribution in [3.8, 4) is 0 Å². The van der Waals surface area contributed by atoms with Crippen LogP contribution in [0.4, 0.5) is 54.0 Å². The van der Waals surface area contributed by atoms with Crippen LogP contribution in [0.2, 0.25) is 0 Å². The molecule has 1 rings (SSSR count). The van der Waals surface area contributed by atoms with Crippen molar-refractivity contribution in [3.63, 3.8) is 0 Å². The molecular formula is C14H8F11NO6S2. The summed E-state index contributed by atoms with van der Waals surface area (Å²) in [4.78, 5) is 18.2. The highest BCUT2D eigenvalue weighted by molar-refractivity contribution is 7.86. The molecule has 0 aliphatic heterocycles. The van der Waals surface area contributed by atoms with E-state index in [1.54, 1.807) is 0 Å². The molecule has 0 aliphatic rings. The van der Waals surface area contributed by atoms with Gasteiger partial charge >= 0.3 is 35.7 Å². The Morgan fingerprint density at radius 1 is 1.03 bits per heavy atom. The molecular weight excluding hydrogens is 551 g/mol. The Bertz CT molecular complexity index is 999. The van der Waals surface area contributed by atoms with Crippen LogP contribution < -0.4 is 0 Å². The van der Waals surface area contributed by atoms with Gasteiger partial charge in [-0.05, 0) is 12.1 Å². The predicted octanol–water partition coefficient (Wildman–Crippen LogP) is 4.04. The van der Waals surface area contributed by atoms with Crippen LogP contribution in [0.25, 0.3) is 0 Å². The predicted molar refractivity (Wildman–Crippen MR) is 88.6 cm³/mol. The fraction of sp³-hybridized carbons (Fsp3) is 0.500. The first-order valence-corrected chi connectivity index (χ1v) is 10.4. The van der Waals surface area contributed by atoms with E-state index in [2.05, 4.69) is 4.74 Å². The lowest BCUT2D eigenvalue weighted by atomic mass is 10.3. The van der Waals surface area contributed by atoms with Crippen LogP contribution in [0.3, 0.4) is 0 Å².